The molecule has 106 valence electrons. The van der Waals surface area contributed by atoms with Crippen molar-refractivity contribution < 1.29 is 4.74 Å². The van der Waals surface area contributed by atoms with Gasteiger partial charge >= 0.3 is 0 Å². The lowest BCUT2D eigenvalue weighted by atomic mass is 10.2. The van der Waals surface area contributed by atoms with Crippen LogP contribution in [0.3, 0.4) is 0 Å². The number of ether oxygens (including phenoxy) is 1. The Kier molecular flexibility index (Phi) is 4.45. The minimum atomic E-state index is 0.462. The molecule has 0 aliphatic rings. The number of nitrogens with two attached hydrogens (primary N) is 1. The van der Waals surface area contributed by atoms with Gasteiger partial charge in [0.25, 0.3) is 0 Å². The van der Waals surface area contributed by atoms with E-state index in [0.717, 1.165) is 24.0 Å². The highest BCUT2D eigenvalue weighted by Crippen LogP contribution is 2.28. The molecular formula is C15H18ClN3O. The summed E-state index contributed by atoms with van der Waals surface area (Å²) in [6, 6.07) is 5.49. The molecule has 0 bridgehead atoms. The standard InChI is InChI=1S/C15H18ClN3O/c1-4-5-13-18-14(17)10(3)15(19-13)20-11-6-7-12(16)9(2)8-11/h6-8H,4-5H2,1-3H3,(H2,17,18,19). The Labute approximate surface area is 124 Å². The number of anilines is 1. The summed E-state index contributed by atoms with van der Waals surface area (Å²) in [5.74, 6) is 2.36. The Morgan fingerprint density at radius 2 is 2.00 bits per heavy atom. The van der Waals surface area contributed by atoms with E-state index in [2.05, 4.69) is 16.9 Å². The van der Waals surface area contributed by atoms with Crippen molar-refractivity contribution in [2.45, 2.75) is 33.6 Å². The van der Waals surface area contributed by atoms with Gasteiger partial charge < -0.3 is 10.5 Å². The Balaban J connectivity index is 2.34. The van der Waals surface area contributed by atoms with Crippen molar-refractivity contribution >= 4 is 17.4 Å². The number of halogens is 1. The van der Waals surface area contributed by atoms with Crippen molar-refractivity contribution in [1.82, 2.24) is 9.97 Å². The van der Waals surface area contributed by atoms with Gasteiger partial charge in [0.05, 0.1) is 5.56 Å². The lowest BCUT2D eigenvalue weighted by Gasteiger charge is -2.11. The van der Waals surface area contributed by atoms with Crippen LogP contribution in [-0.2, 0) is 6.42 Å². The number of nitrogens with zero attached hydrogens (tertiary/aromatic N) is 2. The molecule has 20 heavy (non-hydrogen) atoms. The topological polar surface area (TPSA) is 61.0 Å². The van der Waals surface area contributed by atoms with E-state index in [-0.39, 0.29) is 0 Å². The molecule has 0 spiro atoms. The molecule has 4 nitrogen and oxygen atoms in total. The van der Waals surface area contributed by atoms with Gasteiger partial charge in [-0.15, -0.1) is 0 Å². The fourth-order valence-electron chi connectivity index (χ4n) is 1.79. The zero-order valence-electron chi connectivity index (χ0n) is 11.9. The van der Waals surface area contributed by atoms with E-state index in [4.69, 9.17) is 22.1 Å². The van der Waals surface area contributed by atoms with E-state index in [9.17, 15) is 0 Å². The summed E-state index contributed by atoms with van der Waals surface area (Å²) in [6.45, 7) is 5.85. The molecular weight excluding hydrogens is 274 g/mol. The first-order chi connectivity index (χ1) is 9.51. The quantitative estimate of drug-likeness (QED) is 0.922. The summed E-state index contributed by atoms with van der Waals surface area (Å²) in [5.41, 5.74) is 7.61. The van der Waals surface area contributed by atoms with Gasteiger partial charge in [-0.1, -0.05) is 18.5 Å². The predicted octanol–water partition coefficient (Wildman–Crippen LogP) is 4.07. The molecule has 0 amide bonds. The largest absolute Gasteiger partial charge is 0.439 e. The zero-order valence-corrected chi connectivity index (χ0v) is 12.7. The molecule has 0 saturated heterocycles. The van der Waals surface area contributed by atoms with Crippen LogP contribution in [0.15, 0.2) is 18.2 Å². The third-order valence-corrected chi connectivity index (χ3v) is 3.43. The third kappa shape index (κ3) is 3.20. The van der Waals surface area contributed by atoms with Gasteiger partial charge in [0.15, 0.2) is 0 Å². The van der Waals surface area contributed by atoms with E-state index in [0.29, 0.717) is 28.3 Å². The molecule has 1 aromatic heterocycles. The maximum absolute atomic E-state index is 6.01. The Hall–Kier alpha value is -1.81. The smallest absolute Gasteiger partial charge is 0.227 e. The molecule has 1 heterocycles. The van der Waals surface area contributed by atoms with Gasteiger partial charge in [0, 0.05) is 11.4 Å². The van der Waals surface area contributed by atoms with Gasteiger partial charge in [-0.25, -0.2) is 4.98 Å². The number of nitrogen functional groups attached to an aromatic ring is 1. The van der Waals surface area contributed by atoms with E-state index < -0.39 is 0 Å². The van der Waals surface area contributed by atoms with E-state index in [1.165, 1.54) is 0 Å². The van der Waals surface area contributed by atoms with Crippen LogP contribution in [0, 0.1) is 13.8 Å². The number of hydrogen-bond donors (Lipinski definition) is 1. The first-order valence-corrected chi connectivity index (χ1v) is 6.96. The highest BCUT2D eigenvalue weighted by atomic mass is 35.5. The molecule has 2 rings (SSSR count). The van der Waals surface area contributed by atoms with Crippen LogP contribution in [0.2, 0.25) is 5.02 Å². The summed E-state index contributed by atoms with van der Waals surface area (Å²) < 4.78 is 5.82. The third-order valence-electron chi connectivity index (χ3n) is 3.00. The number of benzene rings is 1. The van der Waals surface area contributed by atoms with Gasteiger partial charge in [-0.2, -0.15) is 4.98 Å². The van der Waals surface area contributed by atoms with Gasteiger partial charge in [0.1, 0.15) is 17.4 Å². The first kappa shape index (κ1) is 14.6. The van der Waals surface area contributed by atoms with Crippen LogP contribution in [0.1, 0.15) is 30.3 Å². The van der Waals surface area contributed by atoms with Gasteiger partial charge in [-0.05, 0) is 44.0 Å². The number of aryl methyl sites for hydroxylation is 2. The average molecular weight is 292 g/mol. The molecule has 2 aromatic rings. The summed E-state index contributed by atoms with van der Waals surface area (Å²) in [5, 5.41) is 0.711. The summed E-state index contributed by atoms with van der Waals surface area (Å²) in [7, 11) is 0. The first-order valence-electron chi connectivity index (χ1n) is 6.58. The highest BCUT2D eigenvalue weighted by Gasteiger charge is 2.11. The van der Waals surface area contributed by atoms with Crippen molar-refractivity contribution in [2.24, 2.45) is 0 Å². The second kappa shape index (κ2) is 6.09. The molecule has 2 N–H and O–H groups in total. The van der Waals surface area contributed by atoms with Crippen LogP contribution in [0.4, 0.5) is 5.82 Å². The number of aromatic nitrogens is 2. The molecule has 0 fully saturated rings. The van der Waals surface area contributed by atoms with Crippen LogP contribution >= 0.6 is 11.6 Å². The maximum Gasteiger partial charge on any atom is 0.227 e. The Morgan fingerprint density at radius 3 is 2.65 bits per heavy atom. The van der Waals surface area contributed by atoms with Crippen molar-refractivity contribution in [1.29, 1.82) is 0 Å². The average Bonchev–Trinajstić information content (AvgIpc) is 2.40. The molecule has 0 saturated carbocycles. The molecule has 5 heteroatoms. The summed E-state index contributed by atoms with van der Waals surface area (Å²) in [6.07, 6.45) is 1.74. The van der Waals surface area contributed by atoms with Crippen LogP contribution in [0.25, 0.3) is 0 Å². The molecule has 0 radical (unpaired) electrons. The van der Waals surface area contributed by atoms with Crippen LogP contribution in [0.5, 0.6) is 11.6 Å². The fraction of sp³-hybridized carbons (Fsp3) is 0.333. The monoisotopic (exact) mass is 291 g/mol. The molecule has 0 aliphatic carbocycles. The van der Waals surface area contributed by atoms with E-state index in [1.54, 1.807) is 6.07 Å². The number of rotatable bonds is 4. The molecule has 1 aromatic carbocycles. The van der Waals surface area contributed by atoms with Crippen molar-refractivity contribution in [3.05, 3.63) is 40.2 Å². The second-order valence-corrected chi connectivity index (χ2v) is 5.13. The second-order valence-electron chi connectivity index (χ2n) is 4.72. The van der Waals surface area contributed by atoms with Gasteiger partial charge in [0.2, 0.25) is 5.88 Å². The lowest BCUT2D eigenvalue weighted by molar-refractivity contribution is 0.454. The summed E-state index contributed by atoms with van der Waals surface area (Å²) in [4.78, 5) is 8.69. The maximum atomic E-state index is 6.01. The van der Waals surface area contributed by atoms with Crippen molar-refractivity contribution in [2.75, 3.05) is 5.73 Å². The molecule has 0 atom stereocenters. The molecule has 0 aliphatic heterocycles. The SMILES string of the molecule is CCCc1nc(N)c(C)c(Oc2ccc(Cl)c(C)c2)n1. The van der Waals surface area contributed by atoms with Crippen LogP contribution in [-0.4, -0.2) is 9.97 Å². The van der Waals surface area contributed by atoms with E-state index in [1.807, 2.05) is 26.0 Å². The Bertz CT molecular complexity index is 629. The van der Waals surface area contributed by atoms with Crippen LogP contribution < -0.4 is 10.5 Å². The zero-order chi connectivity index (χ0) is 14.7. The summed E-state index contributed by atoms with van der Waals surface area (Å²) >= 11 is 6.01. The van der Waals surface area contributed by atoms with Gasteiger partial charge in [-0.3, -0.25) is 0 Å². The minimum absolute atomic E-state index is 0.462. The predicted molar refractivity (Wildman–Crippen MR) is 81.4 cm³/mol. The Morgan fingerprint density at radius 1 is 1.25 bits per heavy atom. The minimum Gasteiger partial charge on any atom is -0.439 e. The molecule has 0 unspecified atom stereocenters. The van der Waals surface area contributed by atoms with E-state index >= 15 is 0 Å². The van der Waals surface area contributed by atoms with Crippen molar-refractivity contribution in [3.63, 3.8) is 0 Å². The highest BCUT2D eigenvalue weighted by molar-refractivity contribution is 6.31. The fourth-order valence-corrected chi connectivity index (χ4v) is 1.90. The number of hydrogen-bond acceptors (Lipinski definition) is 4. The van der Waals surface area contributed by atoms with Crippen molar-refractivity contribution in [3.8, 4) is 11.6 Å². The normalized spacial score (nSPS) is 10.6. The lowest BCUT2D eigenvalue weighted by Crippen LogP contribution is -2.05.